The zero-order valence-corrected chi connectivity index (χ0v) is 19.3. The molecule has 0 radical (unpaired) electrons. The number of likely N-dealkylation sites (tertiary alicyclic amines) is 1. The van der Waals surface area contributed by atoms with Crippen LogP contribution in [-0.4, -0.2) is 45.1 Å². The number of hydrogen-bond acceptors (Lipinski definition) is 4. The number of carbonyl (C=O) groups excluding carboxylic acids is 1. The van der Waals surface area contributed by atoms with E-state index in [4.69, 9.17) is 0 Å². The van der Waals surface area contributed by atoms with Gasteiger partial charge in [0.2, 0.25) is 15.9 Å². The molecule has 2 aromatic rings. The van der Waals surface area contributed by atoms with E-state index in [2.05, 4.69) is 34.5 Å². The standard InChI is InChI=1S/C24H33N3O3S/c1-20-7-5-8-23(17-20)27(31(2,29)30)16-6-9-24(28)25-18-21-10-12-22(13-11-21)19-26-14-3-4-15-26/h5,7-8,10-13,17H,3-4,6,9,14-16,18-19H2,1-2H3,(H,25,28). The molecule has 0 saturated carbocycles. The molecule has 0 bridgehead atoms. The van der Waals surface area contributed by atoms with E-state index in [1.807, 2.05) is 25.1 Å². The summed E-state index contributed by atoms with van der Waals surface area (Å²) in [5.41, 5.74) is 4.00. The van der Waals surface area contributed by atoms with Crippen molar-refractivity contribution >= 4 is 21.6 Å². The Morgan fingerprint density at radius 1 is 1.06 bits per heavy atom. The van der Waals surface area contributed by atoms with Gasteiger partial charge in [-0.3, -0.25) is 14.0 Å². The molecule has 31 heavy (non-hydrogen) atoms. The van der Waals surface area contributed by atoms with Crippen molar-refractivity contribution in [1.82, 2.24) is 10.2 Å². The maximum atomic E-state index is 12.2. The minimum absolute atomic E-state index is 0.0705. The van der Waals surface area contributed by atoms with Crippen LogP contribution in [0.5, 0.6) is 0 Å². The predicted molar refractivity (Wildman–Crippen MR) is 125 cm³/mol. The molecule has 0 aromatic heterocycles. The fraction of sp³-hybridized carbons (Fsp3) is 0.458. The minimum Gasteiger partial charge on any atom is -0.352 e. The van der Waals surface area contributed by atoms with Gasteiger partial charge in [0.05, 0.1) is 11.9 Å². The highest BCUT2D eigenvalue weighted by atomic mass is 32.2. The number of aryl methyl sites for hydroxylation is 1. The third kappa shape index (κ3) is 7.36. The molecule has 0 spiro atoms. The molecule has 6 nitrogen and oxygen atoms in total. The van der Waals surface area contributed by atoms with E-state index in [9.17, 15) is 13.2 Å². The van der Waals surface area contributed by atoms with Crippen molar-refractivity contribution in [2.75, 3.05) is 30.2 Å². The van der Waals surface area contributed by atoms with Gasteiger partial charge in [0.15, 0.2) is 0 Å². The summed E-state index contributed by atoms with van der Waals surface area (Å²) >= 11 is 0. The first-order valence-corrected chi connectivity index (χ1v) is 12.8. The molecular weight excluding hydrogens is 410 g/mol. The summed E-state index contributed by atoms with van der Waals surface area (Å²) < 4.78 is 25.7. The lowest BCUT2D eigenvalue weighted by atomic mass is 10.1. The van der Waals surface area contributed by atoms with Crippen LogP contribution in [0, 0.1) is 6.92 Å². The highest BCUT2D eigenvalue weighted by molar-refractivity contribution is 7.92. The van der Waals surface area contributed by atoms with Crippen LogP contribution in [0.25, 0.3) is 0 Å². The first-order chi connectivity index (χ1) is 14.8. The van der Waals surface area contributed by atoms with E-state index >= 15 is 0 Å². The summed E-state index contributed by atoms with van der Waals surface area (Å²) in [6, 6.07) is 15.8. The number of benzene rings is 2. The molecule has 1 N–H and O–H groups in total. The Kier molecular flexibility index (Phi) is 8.09. The Hall–Kier alpha value is -2.38. The van der Waals surface area contributed by atoms with Gasteiger partial charge in [-0.2, -0.15) is 0 Å². The Morgan fingerprint density at radius 2 is 1.74 bits per heavy atom. The van der Waals surface area contributed by atoms with Crippen LogP contribution in [0.3, 0.4) is 0 Å². The molecule has 1 saturated heterocycles. The third-order valence-electron chi connectivity index (χ3n) is 5.57. The zero-order valence-electron chi connectivity index (χ0n) is 18.5. The van der Waals surface area contributed by atoms with Crippen LogP contribution >= 0.6 is 0 Å². The molecule has 168 valence electrons. The third-order valence-corrected chi connectivity index (χ3v) is 6.77. The Bertz CT molecular complexity index is 968. The van der Waals surface area contributed by atoms with E-state index in [0.717, 1.165) is 17.7 Å². The molecular formula is C24H33N3O3S. The summed E-state index contributed by atoms with van der Waals surface area (Å²) in [4.78, 5) is 14.7. The summed E-state index contributed by atoms with van der Waals surface area (Å²) in [5.74, 6) is -0.0705. The van der Waals surface area contributed by atoms with Gasteiger partial charge in [-0.15, -0.1) is 0 Å². The lowest BCUT2D eigenvalue weighted by Crippen LogP contribution is -2.32. The number of nitrogens with one attached hydrogen (secondary N) is 1. The van der Waals surface area contributed by atoms with Crippen molar-refractivity contribution < 1.29 is 13.2 Å². The Balaban J connectivity index is 1.44. The first kappa shape index (κ1) is 23.3. The number of sulfonamides is 1. The van der Waals surface area contributed by atoms with E-state index in [1.54, 1.807) is 6.07 Å². The van der Waals surface area contributed by atoms with Gasteiger partial charge in [-0.25, -0.2) is 8.42 Å². The number of anilines is 1. The van der Waals surface area contributed by atoms with Gasteiger partial charge in [0.1, 0.15) is 0 Å². The van der Waals surface area contributed by atoms with E-state index < -0.39 is 10.0 Å². The second-order valence-corrected chi connectivity index (χ2v) is 10.3. The Labute approximate surface area is 186 Å². The topological polar surface area (TPSA) is 69.7 Å². The van der Waals surface area contributed by atoms with Crippen LogP contribution < -0.4 is 9.62 Å². The number of nitrogens with zero attached hydrogens (tertiary/aromatic N) is 2. The van der Waals surface area contributed by atoms with Gasteiger partial charge in [-0.05, 0) is 68.1 Å². The van der Waals surface area contributed by atoms with E-state index in [1.165, 1.54) is 42.1 Å². The van der Waals surface area contributed by atoms with Gasteiger partial charge >= 0.3 is 0 Å². The second kappa shape index (κ2) is 10.8. The van der Waals surface area contributed by atoms with Crippen molar-refractivity contribution in [3.63, 3.8) is 0 Å². The summed E-state index contributed by atoms with van der Waals surface area (Å²) in [6.07, 6.45) is 4.52. The first-order valence-electron chi connectivity index (χ1n) is 10.9. The minimum atomic E-state index is -3.40. The Morgan fingerprint density at radius 3 is 2.39 bits per heavy atom. The largest absolute Gasteiger partial charge is 0.352 e. The highest BCUT2D eigenvalue weighted by Crippen LogP contribution is 2.19. The van der Waals surface area contributed by atoms with Gasteiger partial charge < -0.3 is 5.32 Å². The maximum absolute atomic E-state index is 12.2. The quantitative estimate of drug-likeness (QED) is 0.611. The molecule has 7 heteroatoms. The molecule has 1 amide bonds. The normalized spacial score (nSPS) is 14.5. The van der Waals surface area contributed by atoms with Crippen LogP contribution in [0.15, 0.2) is 48.5 Å². The van der Waals surface area contributed by atoms with Crippen LogP contribution in [-0.2, 0) is 27.9 Å². The molecule has 0 atom stereocenters. The van der Waals surface area contributed by atoms with E-state index in [-0.39, 0.29) is 18.9 Å². The van der Waals surface area contributed by atoms with Gasteiger partial charge in [0.25, 0.3) is 0 Å². The molecule has 0 aliphatic carbocycles. The lowest BCUT2D eigenvalue weighted by molar-refractivity contribution is -0.121. The van der Waals surface area contributed by atoms with Crippen LogP contribution in [0.4, 0.5) is 5.69 Å². The van der Waals surface area contributed by atoms with E-state index in [0.29, 0.717) is 18.7 Å². The van der Waals surface area contributed by atoms with Gasteiger partial charge in [-0.1, -0.05) is 36.4 Å². The number of carbonyl (C=O) groups is 1. The number of rotatable bonds is 10. The summed E-state index contributed by atoms with van der Waals surface area (Å²) in [6.45, 7) is 6.04. The lowest BCUT2D eigenvalue weighted by Gasteiger charge is -2.22. The van der Waals surface area contributed by atoms with Gasteiger partial charge in [0, 0.05) is 26.1 Å². The second-order valence-electron chi connectivity index (χ2n) is 8.35. The number of hydrogen-bond donors (Lipinski definition) is 1. The number of amides is 1. The average Bonchev–Trinajstić information content (AvgIpc) is 3.23. The molecule has 1 aliphatic heterocycles. The van der Waals surface area contributed by atoms with Crippen molar-refractivity contribution in [2.45, 2.75) is 45.7 Å². The molecule has 1 heterocycles. The van der Waals surface area contributed by atoms with Crippen molar-refractivity contribution in [3.05, 3.63) is 65.2 Å². The molecule has 1 fully saturated rings. The van der Waals surface area contributed by atoms with Crippen molar-refractivity contribution in [2.24, 2.45) is 0 Å². The monoisotopic (exact) mass is 443 g/mol. The molecule has 2 aromatic carbocycles. The maximum Gasteiger partial charge on any atom is 0.232 e. The molecule has 0 unspecified atom stereocenters. The predicted octanol–water partition coefficient (Wildman–Crippen LogP) is 3.45. The fourth-order valence-electron chi connectivity index (χ4n) is 3.90. The van der Waals surface area contributed by atoms with Crippen LogP contribution in [0.1, 0.15) is 42.4 Å². The average molecular weight is 444 g/mol. The SMILES string of the molecule is Cc1cccc(N(CCCC(=O)NCc2ccc(CN3CCCC3)cc2)S(C)(=O)=O)c1. The summed E-state index contributed by atoms with van der Waals surface area (Å²) in [7, 11) is -3.40. The smallest absolute Gasteiger partial charge is 0.232 e. The molecule has 3 rings (SSSR count). The van der Waals surface area contributed by atoms with Crippen LogP contribution in [0.2, 0.25) is 0 Å². The molecule has 1 aliphatic rings. The summed E-state index contributed by atoms with van der Waals surface area (Å²) in [5, 5.41) is 2.94. The highest BCUT2D eigenvalue weighted by Gasteiger charge is 2.17. The van der Waals surface area contributed by atoms with Crippen molar-refractivity contribution in [1.29, 1.82) is 0 Å². The fourth-order valence-corrected chi connectivity index (χ4v) is 4.86. The zero-order chi connectivity index (χ0) is 22.3. The van der Waals surface area contributed by atoms with Crippen molar-refractivity contribution in [3.8, 4) is 0 Å².